The Labute approximate surface area is 234 Å². The predicted octanol–water partition coefficient (Wildman–Crippen LogP) is 7.68. The minimum atomic E-state index is -1.22. The molecule has 0 aliphatic heterocycles. The molecule has 0 atom stereocenters. The normalized spacial score (nSPS) is 13.9. The highest BCUT2D eigenvalue weighted by molar-refractivity contribution is 6.39. The van der Waals surface area contributed by atoms with Crippen LogP contribution in [0.25, 0.3) is 22.0 Å². The van der Waals surface area contributed by atoms with Crippen molar-refractivity contribution in [3.8, 4) is 22.8 Å². The molecule has 39 heavy (non-hydrogen) atoms. The molecule has 1 fully saturated rings. The number of hydrogen-bond acceptors (Lipinski definition) is 7. The number of aromatic nitrogens is 1. The van der Waals surface area contributed by atoms with Gasteiger partial charge in [-0.3, -0.25) is 4.99 Å². The summed E-state index contributed by atoms with van der Waals surface area (Å²) >= 11 is 12.9. The molecule has 0 amide bonds. The lowest BCUT2D eigenvalue weighted by Crippen LogP contribution is -2.03. The van der Waals surface area contributed by atoms with Crippen LogP contribution in [0.4, 0.5) is 0 Å². The van der Waals surface area contributed by atoms with Crippen LogP contribution in [-0.2, 0) is 11.4 Å². The topological polar surface area (TPSA) is 107 Å². The number of fused-ring (bicyclic) bond motifs is 1. The number of aliphatic imine (C=N–C) groups is 2. The van der Waals surface area contributed by atoms with Gasteiger partial charge in [-0.05, 0) is 66.7 Å². The Balaban J connectivity index is 1.34. The maximum atomic E-state index is 11.0. The molecule has 3 aromatic carbocycles. The molecule has 0 radical (unpaired) electrons. The highest BCUT2D eigenvalue weighted by Gasteiger charge is 2.33. The average molecular weight is 564 g/mol. The molecule has 1 N–H and O–H groups in total. The van der Waals surface area contributed by atoms with Crippen LogP contribution in [0.5, 0.6) is 11.5 Å². The first kappa shape index (κ1) is 26.5. The number of aliphatic carboxylic acids is 1. The fraction of sp³-hybridized carbons (Fsp3) is 0.172. The van der Waals surface area contributed by atoms with E-state index >= 15 is 0 Å². The fourth-order valence-corrected chi connectivity index (χ4v) is 4.65. The third-order valence-electron chi connectivity index (χ3n) is 6.16. The highest BCUT2D eigenvalue weighted by atomic mass is 35.5. The minimum absolute atomic E-state index is 0.250. The molecule has 1 aliphatic rings. The predicted molar refractivity (Wildman–Crippen MR) is 151 cm³/mol. The third kappa shape index (κ3) is 5.97. The zero-order valence-corrected chi connectivity index (χ0v) is 22.4. The van der Waals surface area contributed by atoms with Crippen LogP contribution in [-0.4, -0.2) is 28.8 Å². The summed E-state index contributed by atoms with van der Waals surface area (Å²) in [4.78, 5) is 18.4. The fourth-order valence-electron chi connectivity index (χ4n) is 4.07. The Morgan fingerprint density at radius 2 is 1.79 bits per heavy atom. The van der Waals surface area contributed by atoms with Gasteiger partial charge in [0.25, 0.3) is 0 Å². The standard InChI is InChI=1S/C29H23Cl2N3O5/c1-16(33-14-25(32-2)29(35)36)38-21-11-9-18-12-20(10-8-19(18)13-21)37-15-22-27(34-39-28(22)17-6-7-17)26-23(30)4-3-5-24(26)31/h3-5,8-14,17H,2,6-7,15H2,1H3,(H,35,36)/b25-14-,33-16?. The van der Waals surface area contributed by atoms with Gasteiger partial charge in [-0.25, -0.2) is 9.79 Å². The minimum Gasteiger partial charge on any atom is -0.489 e. The van der Waals surface area contributed by atoms with Gasteiger partial charge >= 0.3 is 5.97 Å². The average Bonchev–Trinajstić information content (AvgIpc) is 3.67. The van der Waals surface area contributed by atoms with Gasteiger partial charge < -0.3 is 19.1 Å². The van der Waals surface area contributed by atoms with E-state index in [1.165, 1.54) is 0 Å². The van der Waals surface area contributed by atoms with Crippen molar-refractivity contribution < 1.29 is 23.9 Å². The number of halogens is 2. The molecule has 1 aromatic heterocycles. The lowest BCUT2D eigenvalue weighted by molar-refractivity contribution is -0.132. The SMILES string of the molecule is C=N/C(=C\N=C(C)Oc1ccc2cc(OCc3c(-c4c(Cl)cccc4Cl)noc3C3CC3)ccc2c1)C(=O)O. The Bertz CT molecular complexity index is 1620. The van der Waals surface area contributed by atoms with Gasteiger partial charge in [-0.15, -0.1) is 0 Å². The zero-order valence-electron chi connectivity index (χ0n) is 20.9. The molecule has 0 unspecified atom stereocenters. The molecule has 0 spiro atoms. The molecular weight excluding hydrogens is 541 g/mol. The quantitative estimate of drug-likeness (QED) is 0.127. The highest BCUT2D eigenvalue weighted by Crippen LogP contribution is 2.46. The maximum Gasteiger partial charge on any atom is 0.356 e. The molecule has 4 aromatic rings. The molecule has 8 nitrogen and oxygen atoms in total. The van der Waals surface area contributed by atoms with E-state index in [1.54, 1.807) is 31.2 Å². The summed E-state index contributed by atoms with van der Waals surface area (Å²) in [5, 5.41) is 16.2. The number of ether oxygens (including phenoxy) is 2. The zero-order chi connectivity index (χ0) is 27.5. The largest absolute Gasteiger partial charge is 0.489 e. The van der Waals surface area contributed by atoms with Gasteiger partial charge in [0.2, 0.25) is 0 Å². The Kier molecular flexibility index (Phi) is 7.67. The van der Waals surface area contributed by atoms with E-state index in [0.29, 0.717) is 38.7 Å². The summed E-state index contributed by atoms with van der Waals surface area (Å²) in [6.07, 6.45) is 3.18. The number of hydrogen-bond donors (Lipinski definition) is 1. The summed E-state index contributed by atoms with van der Waals surface area (Å²) in [5.74, 6) is 1.40. The molecule has 0 saturated heterocycles. The van der Waals surface area contributed by atoms with E-state index in [2.05, 4.69) is 21.9 Å². The maximum absolute atomic E-state index is 11.0. The first-order chi connectivity index (χ1) is 18.8. The second-order valence-electron chi connectivity index (χ2n) is 8.93. The second kappa shape index (κ2) is 11.3. The molecule has 1 heterocycles. The van der Waals surface area contributed by atoms with Crippen LogP contribution in [0.1, 0.15) is 37.0 Å². The summed E-state index contributed by atoms with van der Waals surface area (Å²) < 4.78 is 17.6. The number of rotatable bonds is 9. The van der Waals surface area contributed by atoms with Crippen molar-refractivity contribution in [3.05, 3.63) is 87.9 Å². The number of benzene rings is 3. The van der Waals surface area contributed by atoms with Crippen LogP contribution < -0.4 is 9.47 Å². The Morgan fingerprint density at radius 3 is 2.44 bits per heavy atom. The van der Waals surface area contributed by atoms with Crippen LogP contribution in [0.3, 0.4) is 0 Å². The first-order valence-electron chi connectivity index (χ1n) is 12.1. The van der Waals surface area contributed by atoms with E-state index < -0.39 is 5.97 Å². The van der Waals surface area contributed by atoms with E-state index in [0.717, 1.165) is 41.1 Å². The van der Waals surface area contributed by atoms with Crippen molar-refractivity contribution >= 4 is 52.6 Å². The molecule has 0 bridgehead atoms. The number of carboxylic acids is 1. The monoisotopic (exact) mass is 563 g/mol. The Morgan fingerprint density at radius 1 is 1.13 bits per heavy atom. The van der Waals surface area contributed by atoms with Gasteiger partial charge in [0.15, 0.2) is 11.6 Å². The number of carboxylic acid groups (broad SMARTS) is 1. The van der Waals surface area contributed by atoms with Gasteiger partial charge in [0.1, 0.15) is 29.6 Å². The molecular formula is C29H23Cl2N3O5. The lowest BCUT2D eigenvalue weighted by Gasteiger charge is -2.11. The van der Waals surface area contributed by atoms with Gasteiger partial charge in [0, 0.05) is 18.4 Å². The summed E-state index contributed by atoms with van der Waals surface area (Å²) in [6, 6.07) is 16.6. The van der Waals surface area contributed by atoms with Crippen molar-refractivity contribution in [2.75, 3.05) is 0 Å². The van der Waals surface area contributed by atoms with E-state index in [4.69, 9.17) is 42.3 Å². The van der Waals surface area contributed by atoms with Crippen molar-refractivity contribution in [1.29, 1.82) is 0 Å². The first-order valence-corrected chi connectivity index (χ1v) is 12.8. The molecule has 1 saturated carbocycles. The van der Waals surface area contributed by atoms with Crippen molar-refractivity contribution in [3.63, 3.8) is 0 Å². The Hall–Kier alpha value is -4.14. The summed E-state index contributed by atoms with van der Waals surface area (Å²) in [6.45, 7) is 5.08. The second-order valence-corrected chi connectivity index (χ2v) is 9.75. The van der Waals surface area contributed by atoms with Crippen LogP contribution in [0.2, 0.25) is 10.0 Å². The molecule has 1 aliphatic carbocycles. The van der Waals surface area contributed by atoms with Gasteiger partial charge in [-0.2, -0.15) is 0 Å². The van der Waals surface area contributed by atoms with E-state index in [9.17, 15) is 4.79 Å². The van der Waals surface area contributed by atoms with Crippen molar-refractivity contribution in [1.82, 2.24) is 5.16 Å². The van der Waals surface area contributed by atoms with Gasteiger partial charge in [0.05, 0.1) is 21.8 Å². The van der Waals surface area contributed by atoms with Crippen molar-refractivity contribution in [2.24, 2.45) is 9.98 Å². The lowest BCUT2D eigenvalue weighted by atomic mass is 10.0. The van der Waals surface area contributed by atoms with E-state index in [-0.39, 0.29) is 18.2 Å². The van der Waals surface area contributed by atoms with Crippen LogP contribution >= 0.6 is 23.2 Å². The van der Waals surface area contributed by atoms with Crippen LogP contribution in [0.15, 0.2) is 81.0 Å². The summed E-state index contributed by atoms with van der Waals surface area (Å²) in [5.41, 5.74) is 1.80. The van der Waals surface area contributed by atoms with Gasteiger partial charge in [-0.1, -0.05) is 46.6 Å². The van der Waals surface area contributed by atoms with E-state index in [1.807, 2.05) is 30.3 Å². The smallest absolute Gasteiger partial charge is 0.356 e. The van der Waals surface area contributed by atoms with Crippen LogP contribution in [0, 0.1) is 0 Å². The third-order valence-corrected chi connectivity index (χ3v) is 6.79. The summed E-state index contributed by atoms with van der Waals surface area (Å²) in [7, 11) is 0. The molecule has 10 heteroatoms. The number of carbonyl (C=O) groups is 1. The van der Waals surface area contributed by atoms with Crippen molar-refractivity contribution in [2.45, 2.75) is 32.3 Å². The number of nitrogens with zero attached hydrogens (tertiary/aromatic N) is 3. The molecule has 198 valence electrons. The molecule has 5 rings (SSSR count).